The van der Waals surface area contributed by atoms with Crippen LogP contribution in [0.4, 0.5) is 5.69 Å². The van der Waals surface area contributed by atoms with Gasteiger partial charge in [0, 0.05) is 37.0 Å². The maximum Gasteiger partial charge on any atom is 0.258 e. The Hall–Kier alpha value is -3.35. The molecule has 7 heteroatoms. The van der Waals surface area contributed by atoms with Crippen molar-refractivity contribution in [3.8, 4) is 5.75 Å². The lowest BCUT2D eigenvalue weighted by Gasteiger charge is -2.22. The van der Waals surface area contributed by atoms with E-state index in [2.05, 4.69) is 22.8 Å². The summed E-state index contributed by atoms with van der Waals surface area (Å²) in [6, 6.07) is 18.4. The lowest BCUT2D eigenvalue weighted by atomic mass is 10.00. The molecule has 0 saturated heterocycles. The fourth-order valence-electron chi connectivity index (χ4n) is 4.00. The minimum Gasteiger partial charge on any atom is -0.492 e. The van der Waals surface area contributed by atoms with E-state index in [-0.39, 0.29) is 11.8 Å². The van der Waals surface area contributed by atoms with Crippen LogP contribution in [0, 0.1) is 0 Å². The number of fused-ring (bicyclic) bond motifs is 1. The molecule has 3 aromatic rings. The summed E-state index contributed by atoms with van der Waals surface area (Å²) >= 11 is 6.19. The Morgan fingerprint density at radius 2 is 1.91 bits per heavy atom. The normalized spacial score (nSPS) is 12.6. The van der Waals surface area contributed by atoms with Gasteiger partial charge in [-0.2, -0.15) is 0 Å². The number of nitrogens with one attached hydrogen (secondary N) is 2. The van der Waals surface area contributed by atoms with Gasteiger partial charge in [-0.3, -0.25) is 9.59 Å². The highest BCUT2D eigenvalue weighted by atomic mass is 35.5. The largest absolute Gasteiger partial charge is 0.492 e. The third-order valence-corrected chi connectivity index (χ3v) is 6.18. The van der Waals surface area contributed by atoms with Crippen molar-refractivity contribution >= 4 is 29.1 Å². The van der Waals surface area contributed by atoms with Crippen LogP contribution in [0.5, 0.6) is 5.75 Å². The van der Waals surface area contributed by atoms with Crippen molar-refractivity contribution in [1.82, 2.24) is 10.6 Å². The molecule has 1 aliphatic heterocycles. The molecule has 1 aliphatic rings. The summed E-state index contributed by atoms with van der Waals surface area (Å²) in [4.78, 5) is 27.4. The van der Waals surface area contributed by atoms with Gasteiger partial charge in [0.25, 0.3) is 11.8 Å². The van der Waals surface area contributed by atoms with Gasteiger partial charge in [0.2, 0.25) is 0 Å². The van der Waals surface area contributed by atoms with Gasteiger partial charge in [0.1, 0.15) is 5.75 Å². The summed E-state index contributed by atoms with van der Waals surface area (Å²) in [5.41, 5.74) is 5.26. The Morgan fingerprint density at radius 1 is 1.06 bits per heavy atom. The van der Waals surface area contributed by atoms with Gasteiger partial charge in [0.05, 0.1) is 11.6 Å². The molecule has 34 heavy (non-hydrogen) atoms. The molecular formula is C27H28ClN3O3. The van der Waals surface area contributed by atoms with Gasteiger partial charge in [-0.15, -0.1) is 0 Å². The molecule has 0 unspecified atom stereocenters. The number of carbonyl (C=O) groups excluding carboxylic acids is 2. The van der Waals surface area contributed by atoms with E-state index in [9.17, 15) is 9.59 Å². The summed E-state index contributed by atoms with van der Waals surface area (Å²) in [5, 5.41) is 6.65. The minimum absolute atomic E-state index is 0.102. The molecule has 0 fully saturated rings. The van der Waals surface area contributed by atoms with Gasteiger partial charge in [-0.25, -0.2) is 0 Å². The minimum atomic E-state index is -0.249. The highest BCUT2D eigenvalue weighted by molar-refractivity contribution is 6.32. The van der Waals surface area contributed by atoms with E-state index in [4.69, 9.17) is 16.3 Å². The summed E-state index contributed by atoms with van der Waals surface area (Å²) in [7, 11) is 1.78. The average molecular weight is 478 g/mol. The number of anilines is 1. The van der Waals surface area contributed by atoms with E-state index in [0.29, 0.717) is 35.1 Å². The Labute approximate surface area is 204 Å². The number of hydrogen-bond acceptors (Lipinski definition) is 4. The van der Waals surface area contributed by atoms with Crippen molar-refractivity contribution in [3.05, 3.63) is 93.5 Å². The molecule has 0 atom stereocenters. The van der Waals surface area contributed by atoms with Crippen LogP contribution in [0.25, 0.3) is 0 Å². The zero-order chi connectivity index (χ0) is 24.1. The second kappa shape index (κ2) is 10.7. The predicted molar refractivity (Wildman–Crippen MR) is 135 cm³/mol. The van der Waals surface area contributed by atoms with Gasteiger partial charge in [-0.1, -0.05) is 29.8 Å². The molecule has 176 valence electrons. The number of carbonyl (C=O) groups is 2. The molecular weight excluding hydrogens is 450 g/mol. The average Bonchev–Trinajstić information content (AvgIpc) is 2.87. The molecule has 2 amide bonds. The van der Waals surface area contributed by atoms with Crippen molar-refractivity contribution in [3.63, 3.8) is 0 Å². The first-order valence-corrected chi connectivity index (χ1v) is 11.7. The number of amides is 2. The molecule has 0 bridgehead atoms. The topological polar surface area (TPSA) is 70.7 Å². The number of halogens is 1. The van der Waals surface area contributed by atoms with Crippen LogP contribution in [0.15, 0.2) is 60.7 Å². The third-order valence-electron chi connectivity index (χ3n) is 5.89. The molecule has 4 rings (SSSR count). The van der Waals surface area contributed by atoms with Crippen LogP contribution in [-0.4, -0.2) is 32.0 Å². The van der Waals surface area contributed by atoms with Crippen LogP contribution >= 0.6 is 11.6 Å². The van der Waals surface area contributed by atoms with Crippen molar-refractivity contribution in [2.75, 3.05) is 25.1 Å². The van der Waals surface area contributed by atoms with Gasteiger partial charge < -0.3 is 20.3 Å². The Bertz CT molecular complexity index is 1210. The smallest absolute Gasteiger partial charge is 0.258 e. The first kappa shape index (κ1) is 23.8. The van der Waals surface area contributed by atoms with E-state index in [1.165, 1.54) is 11.1 Å². The molecule has 1 heterocycles. The highest BCUT2D eigenvalue weighted by Gasteiger charge is 2.17. The zero-order valence-corrected chi connectivity index (χ0v) is 20.1. The maximum absolute atomic E-state index is 13.1. The van der Waals surface area contributed by atoms with Crippen LogP contribution in [0.2, 0.25) is 5.02 Å². The molecule has 0 radical (unpaired) electrons. The predicted octanol–water partition coefficient (Wildman–Crippen LogP) is 4.59. The Morgan fingerprint density at radius 3 is 2.71 bits per heavy atom. The van der Waals surface area contributed by atoms with Gasteiger partial charge >= 0.3 is 0 Å². The second-order valence-corrected chi connectivity index (χ2v) is 8.61. The van der Waals surface area contributed by atoms with Crippen LogP contribution in [-0.2, 0) is 19.5 Å². The molecule has 2 N–H and O–H groups in total. The fourth-order valence-corrected chi connectivity index (χ4v) is 4.23. The lowest BCUT2D eigenvalue weighted by Crippen LogP contribution is -2.28. The molecule has 3 aromatic carbocycles. The number of ether oxygens (including phenoxy) is 1. The third kappa shape index (κ3) is 5.41. The Balaban J connectivity index is 1.42. The second-order valence-electron chi connectivity index (χ2n) is 8.21. The molecule has 0 aromatic heterocycles. The zero-order valence-electron chi connectivity index (χ0n) is 19.4. The molecule has 0 saturated carbocycles. The van der Waals surface area contributed by atoms with E-state index < -0.39 is 0 Å². The molecule has 6 nitrogen and oxygen atoms in total. The monoisotopic (exact) mass is 477 g/mol. The van der Waals surface area contributed by atoms with Crippen LogP contribution in [0.1, 0.15) is 44.3 Å². The SMILES string of the molecule is CCOc1ccc(C(=O)NCc2cccc(C(=O)N(C)c3ccc4c(c3)CNCC4)c2)cc1Cl. The van der Waals surface area contributed by atoms with Crippen molar-refractivity contribution in [2.45, 2.75) is 26.4 Å². The summed E-state index contributed by atoms with van der Waals surface area (Å²) < 4.78 is 5.41. The van der Waals surface area contributed by atoms with Crippen molar-refractivity contribution < 1.29 is 14.3 Å². The van der Waals surface area contributed by atoms with Crippen LogP contribution in [0.3, 0.4) is 0 Å². The summed E-state index contributed by atoms with van der Waals surface area (Å²) in [5.74, 6) is 0.197. The maximum atomic E-state index is 13.1. The molecule has 0 aliphatic carbocycles. The number of nitrogens with zero attached hydrogens (tertiary/aromatic N) is 1. The number of hydrogen-bond donors (Lipinski definition) is 2. The first-order valence-electron chi connectivity index (χ1n) is 11.4. The van der Waals surface area contributed by atoms with E-state index in [1.54, 1.807) is 36.2 Å². The Kier molecular flexibility index (Phi) is 7.50. The van der Waals surface area contributed by atoms with Crippen molar-refractivity contribution in [1.29, 1.82) is 0 Å². The first-order chi connectivity index (χ1) is 16.5. The summed E-state index contributed by atoms with van der Waals surface area (Å²) in [6.07, 6.45) is 1.00. The van der Waals surface area contributed by atoms with E-state index in [1.807, 2.05) is 31.2 Å². The van der Waals surface area contributed by atoms with Gasteiger partial charge in [0.15, 0.2) is 0 Å². The van der Waals surface area contributed by atoms with Crippen LogP contribution < -0.4 is 20.3 Å². The van der Waals surface area contributed by atoms with Crippen molar-refractivity contribution in [2.24, 2.45) is 0 Å². The fraction of sp³-hybridized carbons (Fsp3) is 0.259. The molecule has 0 spiro atoms. The van der Waals surface area contributed by atoms with E-state index >= 15 is 0 Å². The number of benzene rings is 3. The standard InChI is InChI=1S/C27H28ClN3O3/c1-3-34-25-10-8-20(15-24(25)28)26(32)30-16-18-5-4-6-21(13-18)27(33)31(2)23-9-7-19-11-12-29-17-22(19)14-23/h4-10,13-15,29H,3,11-12,16-17H2,1-2H3,(H,30,32). The van der Waals surface area contributed by atoms with Gasteiger partial charge in [-0.05, 0) is 79.0 Å². The quantitative estimate of drug-likeness (QED) is 0.522. The van der Waals surface area contributed by atoms with E-state index in [0.717, 1.165) is 30.8 Å². The lowest BCUT2D eigenvalue weighted by molar-refractivity contribution is 0.0950. The highest BCUT2D eigenvalue weighted by Crippen LogP contribution is 2.26. The summed E-state index contributed by atoms with van der Waals surface area (Å²) in [6.45, 7) is 4.46. The number of rotatable bonds is 7.